The fourth-order valence-electron chi connectivity index (χ4n) is 3.16. The van der Waals surface area contributed by atoms with E-state index in [1.54, 1.807) is 0 Å². The van der Waals surface area contributed by atoms with E-state index in [1.807, 2.05) is 0 Å². The minimum atomic E-state index is 0.775. The number of benzene rings is 1. The lowest BCUT2D eigenvalue weighted by Gasteiger charge is -2.31. The fraction of sp³-hybridized carbons (Fsp3) is 0.667. The molecule has 0 atom stereocenters. The summed E-state index contributed by atoms with van der Waals surface area (Å²) in [4.78, 5) is 2.54. The average molecular weight is 353 g/mol. The molecule has 1 aromatic carbocycles. The first kappa shape index (κ1) is 17.0. The third-order valence-corrected chi connectivity index (χ3v) is 5.23. The van der Waals surface area contributed by atoms with Crippen molar-refractivity contribution in [1.29, 1.82) is 0 Å². The van der Waals surface area contributed by atoms with Crippen LogP contribution < -0.4 is 5.32 Å². The van der Waals surface area contributed by atoms with Gasteiger partial charge in [-0.1, -0.05) is 54.2 Å². The molecule has 1 fully saturated rings. The minimum absolute atomic E-state index is 0.775. The topological polar surface area (TPSA) is 15.3 Å². The molecule has 0 aliphatic heterocycles. The molecule has 1 saturated carbocycles. The van der Waals surface area contributed by atoms with Gasteiger partial charge in [-0.25, -0.2) is 0 Å². The van der Waals surface area contributed by atoms with Crippen LogP contribution in [0.4, 0.5) is 0 Å². The molecular formula is C18H29BrN2. The molecule has 0 radical (unpaired) electrons. The summed E-state index contributed by atoms with van der Waals surface area (Å²) in [6.07, 6.45) is 8.15. The molecule has 2 rings (SSSR count). The molecule has 0 unspecified atom stereocenters. The fourth-order valence-corrected chi connectivity index (χ4v) is 3.71. The summed E-state index contributed by atoms with van der Waals surface area (Å²) in [5.74, 6) is 0. The van der Waals surface area contributed by atoms with Crippen molar-refractivity contribution < 1.29 is 0 Å². The number of rotatable bonds is 7. The van der Waals surface area contributed by atoms with E-state index in [9.17, 15) is 0 Å². The molecule has 0 spiro atoms. The van der Waals surface area contributed by atoms with Gasteiger partial charge >= 0.3 is 0 Å². The van der Waals surface area contributed by atoms with Crippen molar-refractivity contribution in [2.24, 2.45) is 0 Å². The van der Waals surface area contributed by atoms with Crippen LogP contribution in [0.25, 0.3) is 0 Å². The van der Waals surface area contributed by atoms with Crippen LogP contribution in [-0.4, -0.2) is 24.5 Å². The summed E-state index contributed by atoms with van der Waals surface area (Å²) < 4.78 is 1.25. The highest BCUT2D eigenvalue weighted by atomic mass is 79.9. The highest BCUT2D eigenvalue weighted by Gasteiger charge is 2.18. The van der Waals surface area contributed by atoms with E-state index in [1.165, 1.54) is 54.1 Å². The number of halogens is 1. The Labute approximate surface area is 138 Å². The minimum Gasteiger partial charge on any atom is -0.313 e. The van der Waals surface area contributed by atoms with Gasteiger partial charge in [-0.3, -0.25) is 4.90 Å². The van der Waals surface area contributed by atoms with Gasteiger partial charge in [-0.15, -0.1) is 0 Å². The van der Waals surface area contributed by atoms with Gasteiger partial charge in [0.25, 0.3) is 0 Å². The Morgan fingerprint density at radius 2 is 2.00 bits per heavy atom. The summed E-state index contributed by atoms with van der Waals surface area (Å²) in [5, 5.41) is 3.46. The van der Waals surface area contributed by atoms with Gasteiger partial charge in [0.2, 0.25) is 0 Å². The monoisotopic (exact) mass is 352 g/mol. The quantitative estimate of drug-likeness (QED) is 0.714. The maximum absolute atomic E-state index is 3.75. The van der Waals surface area contributed by atoms with Crippen LogP contribution in [-0.2, 0) is 13.1 Å². The molecule has 2 nitrogen and oxygen atoms in total. The van der Waals surface area contributed by atoms with Crippen molar-refractivity contribution in [1.82, 2.24) is 10.2 Å². The first-order valence-electron chi connectivity index (χ1n) is 8.39. The van der Waals surface area contributed by atoms with Gasteiger partial charge in [-0.2, -0.15) is 0 Å². The van der Waals surface area contributed by atoms with Crippen LogP contribution in [0, 0.1) is 0 Å². The molecule has 0 heterocycles. The second-order valence-corrected chi connectivity index (χ2v) is 7.16. The Morgan fingerprint density at radius 1 is 1.24 bits per heavy atom. The molecule has 1 aromatic rings. The molecule has 0 aromatic heterocycles. The number of nitrogens with one attached hydrogen (secondary N) is 1. The standard InChI is InChI=1S/C18H29BrN2/c1-3-11-20-13-15-9-10-16(18(19)12-15)14-21(2)17-7-5-4-6-8-17/h9-10,12,17,20H,3-8,11,13-14H2,1-2H3. The van der Waals surface area contributed by atoms with Gasteiger partial charge < -0.3 is 5.32 Å². The van der Waals surface area contributed by atoms with Crippen LogP contribution in [0.1, 0.15) is 56.6 Å². The molecule has 0 amide bonds. The molecule has 3 heteroatoms. The van der Waals surface area contributed by atoms with Crippen molar-refractivity contribution in [2.45, 2.75) is 64.6 Å². The van der Waals surface area contributed by atoms with E-state index >= 15 is 0 Å². The van der Waals surface area contributed by atoms with E-state index in [4.69, 9.17) is 0 Å². The smallest absolute Gasteiger partial charge is 0.0244 e. The van der Waals surface area contributed by atoms with Crippen LogP contribution in [0.5, 0.6) is 0 Å². The molecule has 1 aliphatic rings. The molecule has 21 heavy (non-hydrogen) atoms. The third kappa shape index (κ3) is 5.39. The van der Waals surface area contributed by atoms with Crippen LogP contribution in [0.2, 0.25) is 0 Å². The predicted octanol–water partition coefficient (Wildman–Crippen LogP) is 4.71. The normalized spacial score (nSPS) is 16.6. The van der Waals surface area contributed by atoms with Gasteiger partial charge in [0.05, 0.1) is 0 Å². The van der Waals surface area contributed by atoms with E-state index in [0.29, 0.717) is 0 Å². The average Bonchev–Trinajstić information content (AvgIpc) is 2.51. The molecule has 1 N–H and O–H groups in total. The Hall–Kier alpha value is -0.380. The first-order valence-corrected chi connectivity index (χ1v) is 9.18. The van der Waals surface area contributed by atoms with E-state index < -0.39 is 0 Å². The summed E-state index contributed by atoms with van der Waals surface area (Å²) in [5.41, 5.74) is 2.77. The summed E-state index contributed by atoms with van der Waals surface area (Å²) in [7, 11) is 2.28. The van der Waals surface area contributed by atoms with Crippen LogP contribution >= 0.6 is 15.9 Å². The summed E-state index contributed by atoms with van der Waals surface area (Å²) in [6, 6.07) is 7.59. The number of hydrogen-bond acceptors (Lipinski definition) is 2. The maximum Gasteiger partial charge on any atom is 0.0244 e. The molecular weight excluding hydrogens is 324 g/mol. The second kappa shape index (κ2) is 8.92. The van der Waals surface area contributed by atoms with Gasteiger partial charge in [0, 0.05) is 23.6 Å². The van der Waals surface area contributed by atoms with E-state index in [0.717, 1.165) is 25.7 Å². The molecule has 0 saturated heterocycles. The lowest BCUT2D eigenvalue weighted by atomic mass is 9.94. The maximum atomic E-state index is 3.75. The summed E-state index contributed by atoms with van der Waals surface area (Å²) in [6.45, 7) is 5.30. The Kier molecular flexibility index (Phi) is 7.21. The summed E-state index contributed by atoms with van der Waals surface area (Å²) >= 11 is 3.75. The largest absolute Gasteiger partial charge is 0.313 e. The van der Waals surface area contributed by atoms with Gasteiger partial charge in [0.15, 0.2) is 0 Å². The highest BCUT2D eigenvalue weighted by Crippen LogP contribution is 2.25. The SMILES string of the molecule is CCCNCc1ccc(CN(C)C2CCCCC2)c(Br)c1. The Bertz CT molecular complexity index is 427. The second-order valence-electron chi connectivity index (χ2n) is 6.31. The van der Waals surface area contributed by atoms with E-state index in [-0.39, 0.29) is 0 Å². The van der Waals surface area contributed by atoms with E-state index in [2.05, 4.69) is 58.3 Å². The number of hydrogen-bond donors (Lipinski definition) is 1. The first-order chi connectivity index (χ1) is 10.2. The van der Waals surface area contributed by atoms with Crippen LogP contribution in [0.15, 0.2) is 22.7 Å². The van der Waals surface area contributed by atoms with Crippen molar-refractivity contribution in [3.05, 3.63) is 33.8 Å². The zero-order valence-electron chi connectivity index (χ0n) is 13.5. The number of nitrogens with zero attached hydrogens (tertiary/aromatic N) is 1. The molecule has 1 aliphatic carbocycles. The Balaban J connectivity index is 1.90. The third-order valence-electron chi connectivity index (χ3n) is 4.49. The molecule has 118 valence electrons. The van der Waals surface area contributed by atoms with Gasteiger partial charge in [-0.05, 0) is 50.0 Å². The predicted molar refractivity (Wildman–Crippen MR) is 94.5 cm³/mol. The Morgan fingerprint density at radius 3 is 2.67 bits per heavy atom. The van der Waals surface area contributed by atoms with Gasteiger partial charge in [0.1, 0.15) is 0 Å². The zero-order chi connectivity index (χ0) is 15.1. The van der Waals surface area contributed by atoms with Crippen molar-refractivity contribution >= 4 is 15.9 Å². The van der Waals surface area contributed by atoms with Crippen molar-refractivity contribution in [2.75, 3.05) is 13.6 Å². The highest BCUT2D eigenvalue weighted by molar-refractivity contribution is 9.10. The molecule has 0 bridgehead atoms. The zero-order valence-corrected chi connectivity index (χ0v) is 15.1. The lowest BCUT2D eigenvalue weighted by Crippen LogP contribution is -2.32. The lowest BCUT2D eigenvalue weighted by molar-refractivity contribution is 0.184. The van der Waals surface area contributed by atoms with Crippen molar-refractivity contribution in [3.63, 3.8) is 0 Å². The van der Waals surface area contributed by atoms with Crippen molar-refractivity contribution in [3.8, 4) is 0 Å². The van der Waals surface area contributed by atoms with Crippen LogP contribution in [0.3, 0.4) is 0 Å².